The van der Waals surface area contributed by atoms with Crippen LogP contribution in [-0.2, 0) is 4.74 Å². The van der Waals surface area contributed by atoms with Crippen molar-refractivity contribution >= 4 is 5.97 Å². The number of hydrogen-bond acceptors (Lipinski definition) is 3. The van der Waals surface area contributed by atoms with Crippen molar-refractivity contribution in [2.75, 3.05) is 7.11 Å². The first-order valence-electron chi connectivity index (χ1n) is 6.94. The molecule has 0 amide bonds. The first-order valence-corrected chi connectivity index (χ1v) is 6.94. The van der Waals surface area contributed by atoms with Gasteiger partial charge in [-0.2, -0.15) is 0 Å². The van der Waals surface area contributed by atoms with Gasteiger partial charge in [0.1, 0.15) is 5.75 Å². The van der Waals surface area contributed by atoms with E-state index in [1.807, 2.05) is 19.1 Å². The van der Waals surface area contributed by atoms with E-state index < -0.39 is 0 Å². The molecule has 0 aromatic heterocycles. The minimum absolute atomic E-state index is 0.166. The second-order valence-corrected chi connectivity index (χ2v) is 4.89. The van der Waals surface area contributed by atoms with Gasteiger partial charge in [-0.1, -0.05) is 25.8 Å². The molecule has 3 heteroatoms. The monoisotopic (exact) mass is 264 g/mol. The molecule has 0 heterocycles. The van der Waals surface area contributed by atoms with Gasteiger partial charge < -0.3 is 9.47 Å². The van der Waals surface area contributed by atoms with Gasteiger partial charge in [0.05, 0.1) is 18.8 Å². The number of carbonyl (C=O) groups excluding carboxylic acids is 1. The Morgan fingerprint density at radius 1 is 1.32 bits per heavy atom. The highest BCUT2D eigenvalue weighted by Gasteiger charge is 2.11. The van der Waals surface area contributed by atoms with E-state index in [1.165, 1.54) is 26.4 Å². The Hall–Kier alpha value is -1.51. The zero-order valence-corrected chi connectivity index (χ0v) is 12.4. The summed E-state index contributed by atoms with van der Waals surface area (Å²) in [5.41, 5.74) is 1.47. The van der Waals surface area contributed by atoms with E-state index in [-0.39, 0.29) is 12.1 Å². The van der Waals surface area contributed by atoms with E-state index in [0.29, 0.717) is 5.56 Å². The molecule has 106 valence electrons. The number of carbonyl (C=O) groups is 1. The molecule has 1 atom stereocenters. The van der Waals surface area contributed by atoms with Crippen LogP contribution in [0.15, 0.2) is 18.2 Å². The van der Waals surface area contributed by atoms with Crippen molar-refractivity contribution < 1.29 is 14.3 Å². The third-order valence-corrected chi connectivity index (χ3v) is 3.17. The van der Waals surface area contributed by atoms with Crippen LogP contribution in [-0.4, -0.2) is 19.2 Å². The number of methoxy groups -OCH3 is 1. The maximum Gasteiger partial charge on any atom is 0.338 e. The van der Waals surface area contributed by atoms with Crippen LogP contribution in [0.4, 0.5) is 0 Å². The number of ether oxygens (including phenoxy) is 2. The van der Waals surface area contributed by atoms with E-state index in [9.17, 15) is 4.79 Å². The molecule has 1 rings (SSSR count). The van der Waals surface area contributed by atoms with Crippen molar-refractivity contribution in [1.82, 2.24) is 0 Å². The summed E-state index contributed by atoms with van der Waals surface area (Å²) in [6.45, 7) is 6.14. The topological polar surface area (TPSA) is 35.5 Å². The predicted molar refractivity (Wildman–Crippen MR) is 76.8 cm³/mol. The van der Waals surface area contributed by atoms with E-state index in [0.717, 1.165) is 17.7 Å². The standard InChI is InChI=1S/C16H24O3/c1-5-6-7-8-13(3)19-14-10-9-12(2)15(11-14)16(17)18-4/h9-11,13H,5-8H2,1-4H3. The van der Waals surface area contributed by atoms with Crippen LogP contribution in [0.25, 0.3) is 0 Å². The Morgan fingerprint density at radius 3 is 2.68 bits per heavy atom. The lowest BCUT2D eigenvalue weighted by Gasteiger charge is -2.15. The van der Waals surface area contributed by atoms with E-state index in [1.54, 1.807) is 6.07 Å². The van der Waals surface area contributed by atoms with E-state index in [2.05, 4.69) is 13.8 Å². The van der Waals surface area contributed by atoms with Crippen LogP contribution in [0.3, 0.4) is 0 Å². The van der Waals surface area contributed by atoms with E-state index in [4.69, 9.17) is 9.47 Å². The summed E-state index contributed by atoms with van der Waals surface area (Å²) in [6.07, 6.45) is 4.82. The molecular weight excluding hydrogens is 240 g/mol. The van der Waals surface area contributed by atoms with Gasteiger partial charge in [0, 0.05) is 0 Å². The van der Waals surface area contributed by atoms with Gasteiger partial charge >= 0.3 is 5.97 Å². The summed E-state index contributed by atoms with van der Waals surface area (Å²) in [5, 5.41) is 0. The molecule has 0 fully saturated rings. The average molecular weight is 264 g/mol. The fourth-order valence-corrected chi connectivity index (χ4v) is 1.98. The number of rotatable bonds is 7. The molecule has 1 unspecified atom stereocenters. The summed E-state index contributed by atoms with van der Waals surface area (Å²) in [4.78, 5) is 11.6. The average Bonchev–Trinajstić information content (AvgIpc) is 2.40. The molecule has 0 saturated heterocycles. The van der Waals surface area contributed by atoms with Gasteiger partial charge in [-0.05, 0) is 44.4 Å². The number of hydrogen-bond donors (Lipinski definition) is 0. The summed E-state index contributed by atoms with van der Waals surface area (Å²) in [6, 6.07) is 5.55. The lowest BCUT2D eigenvalue weighted by atomic mass is 10.1. The van der Waals surface area contributed by atoms with Gasteiger partial charge in [0.25, 0.3) is 0 Å². The van der Waals surface area contributed by atoms with Crippen molar-refractivity contribution in [2.45, 2.75) is 52.6 Å². The second kappa shape index (κ2) is 7.82. The Balaban J connectivity index is 2.66. The molecule has 0 saturated carbocycles. The fraction of sp³-hybridized carbons (Fsp3) is 0.562. The van der Waals surface area contributed by atoms with Gasteiger partial charge in [0.2, 0.25) is 0 Å². The summed E-state index contributed by atoms with van der Waals surface area (Å²) < 4.78 is 10.6. The smallest absolute Gasteiger partial charge is 0.338 e. The van der Waals surface area contributed by atoms with Crippen LogP contribution < -0.4 is 4.74 Å². The highest BCUT2D eigenvalue weighted by Crippen LogP contribution is 2.20. The molecule has 0 spiro atoms. The predicted octanol–water partition coefficient (Wildman–Crippen LogP) is 4.13. The fourth-order valence-electron chi connectivity index (χ4n) is 1.98. The molecule has 19 heavy (non-hydrogen) atoms. The van der Waals surface area contributed by atoms with Crippen LogP contribution in [0.1, 0.15) is 55.5 Å². The Labute approximate surface area is 115 Å². The third kappa shape index (κ3) is 4.93. The number of unbranched alkanes of at least 4 members (excludes halogenated alkanes) is 2. The second-order valence-electron chi connectivity index (χ2n) is 4.89. The highest BCUT2D eigenvalue weighted by molar-refractivity contribution is 5.91. The normalized spacial score (nSPS) is 12.0. The molecule has 0 radical (unpaired) electrons. The van der Waals surface area contributed by atoms with Crippen molar-refractivity contribution in [3.05, 3.63) is 29.3 Å². The molecule has 3 nitrogen and oxygen atoms in total. The van der Waals surface area contributed by atoms with Gasteiger partial charge in [-0.15, -0.1) is 0 Å². The van der Waals surface area contributed by atoms with Gasteiger partial charge in [-0.3, -0.25) is 0 Å². The third-order valence-electron chi connectivity index (χ3n) is 3.17. The van der Waals surface area contributed by atoms with Crippen LogP contribution in [0.5, 0.6) is 5.75 Å². The number of benzene rings is 1. The van der Waals surface area contributed by atoms with Crippen LogP contribution >= 0.6 is 0 Å². The molecule has 0 aliphatic heterocycles. The highest BCUT2D eigenvalue weighted by atomic mass is 16.5. The lowest BCUT2D eigenvalue weighted by molar-refractivity contribution is 0.0599. The van der Waals surface area contributed by atoms with Crippen LogP contribution in [0, 0.1) is 6.92 Å². The van der Waals surface area contributed by atoms with Crippen molar-refractivity contribution in [2.24, 2.45) is 0 Å². The largest absolute Gasteiger partial charge is 0.491 e. The van der Waals surface area contributed by atoms with E-state index >= 15 is 0 Å². The van der Waals surface area contributed by atoms with Gasteiger partial charge in [0.15, 0.2) is 0 Å². The first-order chi connectivity index (χ1) is 9.08. The molecule has 1 aromatic carbocycles. The quantitative estimate of drug-likeness (QED) is 0.548. The van der Waals surface area contributed by atoms with Crippen molar-refractivity contribution in [3.63, 3.8) is 0 Å². The minimum Gasteiger partial charge on any atom is -0.491 e. The summed E-state index contributed by atoms with van der Waals surface area (Å²) >= 11 is 0. The maximum absolute atomic E-state index is 11.6. The van der Waals surface area contributed by atoms with Crippen molar-refractivity contribution in [3.8, 4) is 5.75 Å². The Kier molecular flexibility index (Phi) is 6.40. The molecule has 0 aliphatic carbocycles. The lowest BCUT2D eigenvalue weighted by Crippen LogP contribution is -2.12. The van der Waals surface area contributed by atoms with Crippen molar-refractivity contribution in [1.29, 1.82) is 0 Å². The zero-order chi connectivity index (χ0) is 14.3. The summed E-state index contributed by atoms with van der Waals surface area (Å²) in [7, 11) is 1.39. The molecule has 1 aromatic rings. The first kappa shape index (κ1) is 15.5. The minimum atomic E-state index is -0.318. The molecule has 0 bridgehead atoms. The summed E-state index contributed by atoms with van der Waals surface area (Å²) in [5.74, 6) is 0.414. The number of esters is 1. The molecule has 0 N–H and O–H groups in total. The number of aryl methyl sites for hydroxylation is 1. The molecular formula is C16H24O3. The zero-order valence-electron chi connectivity index (χ0n) is 12.4. The SMILES string of the molecule is CCCCCC(C)Oc1ccc(C)c(C(=O)OC)c1. The maximum atomic E-state index is 11.6. The van der Waals surface area contributed by atoms with Crippen LogP contribution in [0.2, 0.25) is 0 Å². The Bertz CT molecular complexity index is 412. The van der Waals surface area contributed by atoms with Gasteiger partial charge in [-0.25, -0.2) is 4.79 Å². The Morgan fingerprint density at radius 2 is 2.05 bits per heavy atom. The molecule has 0 aliphatic rings.